The van der Waals surface area contributed by atoms with Crippen LogP contribution in [0.25, 0.3) is 0 Å². The number of amides is 1. The first-order chi connectivity index (χ1) is 9.28. The lowest BCUT2D eigenvalue weighted by molar-refractivity contribution is -0.122. The van der Waals surface area contributed by atoms with E-state index in [0.717, 1.165) is 58.7 Å². The maximum Gasteiger partial charge on any atom is 0.234 e. The van der Waals surface area contributed by atoms with Crippen molar-refractivity contribution in [2.45, 2.75) is 19.3 Å². The molecule has 0 radical (unpaired) electrons. The van der Waals surface area contributed by atoms with Crippen LogP contribution in [-0.4, -0.2) is 63.9 Å². The Balaban J connectivity index is 1.58. The summed E-state index contributed by atoms with van der Waals surface area (Å²) < 4.78 is 10.5. The largest absolute Gasteiger partial charge is 0.384 e. The molecule has 2 rings (SSSR count). The second kappa shape index (κ2) is 7.82. The average Bonchev–Trinajstić information content (AvgIpc) is 2.92. The van der Waals surface area contributed by atoms with E-state index >= 15 is 0 Å². The van der Waals surface area contributed by atoms with Crippen molar-refractivity contribution in [3.63, 3.8) is 0 Å². The van der Waals surface area contributed by atoms with Gasteiger partial charge in [-0.3, -0.25) is 9.69 Å². The standard InChI is InChI=1S/C14H26N2O3/c1-18-10-12-2-5-16(6-3-12)9-14(17)15-8-13-4-7-19-11-13/h12-13H,2-11H2,1H3,(H,15,17). The third kappa shape index (κ3) is 5.09. The Morgan fingerprint density at radius 2 is 2.11 bits per heavy atom. The Bertz CT molecular complexity index is 272. The summed E-state index contributed by atoms with van der Waals surface area (Å²) in [5.74, 6) is 1.33. The van der Waals surface area contributed by atoms with Crippen LogP contribution in [0.2, 0.25) is 0 Å². The molecule has 19 heavy (non-hydrogen) atoms. The van der Waals surface area contributed by atoms with Crippen molar-refractivity contribution < 1.29 is 14.3 Å². The molecule has 1 N–H and O–H groups in total. The van der Waals surface area contributed by atoms with Gasteiger partial charge in [-0.15, -0.1) is 0 Å². The summed E-state index contributed by atoms with van der Waals surface area (Å²) in [5.41, 5.74) is 0. The molecule has 5 heteroatoms. The fourth-order valence-electron chi connectivity index (χ4n) is 2.81. The van der Waals surface area contributed by atoms with Crippen LogP contribution in [0.3, 0.4) is 0 Å². The molecule has 2 heterocycles. The molecule has 1 atom stereocenters. The smallest absolute Gasteiger partial charge is 0.234 e. The molecule has 0 aromatic heterocycles. The minimum absolute atomic E-state index is 0.150. The summed E-state index contributed by atoms with van der Waals surface area (Å²) in [6, 6.07) is 0. The molecule has 2 aliphatic heterocycles. The topological polar surface area (TPSA) is 50.8 Å². The molecule has 0 aromatic carbocycles. The Labute approximate surface area is 115 Å². The normalized spacial score (nSPS) is 25.6. The van der Waals surface area contributed by atoms with Gasteiger partial charge in [0, 0.05) is 32.8 Å². The number of hydrogen-bond donors (Lipinski definition) is 1. The lowest BCUT2D eigenvalue weighted by atomic mass is 9.98. The number of piperidine rings is 1. The van der Waals surface area contributed by atoms with E-state index in [1.54, 1.807) is 7.11 Å². The van der Waals surface area contributed by atoms with Gasteiger partial charge in [0.1, 0.15) is 0 Å². The molecule has 110 valence electrons. The minimum Gasteiger partial charge on any atom is -0.384 e. The van der Waals surface area contributed by atoms with Gasteiger partial charge in [-0.05, 0) is 38.3 Å². The number of methoxy groups -OCH3 is 1. The van der Waals surface area contributed by atoms with Crippen LogP contribution < -0.4 is 5.32 Å². The van der Waals surface area contributed by atoms with Crippen molar-refractivity contribution in [3.05, 3.63) is 0 Å². The molecular formula is C14H26N2O3. The number of nitrogens with one attached hydrogen (secondary N) is 1. The maximum atomic E-state index is 11.9. The van der Waals surface area contributed by atoms with Gasteiger partial charge in [-0.25, -0.2) is 0 Å². The van der Waals surface area contributed by atoms with E-state index in [1.165, 1.54) is 0 Å². The number of nitrogens with zero attached hydrogens (tertiary/aromatic N) is 1. The van der Waals surface area contributed by atoms with Gasteiger partial charge in [0.2, 0.25) is 5.91 Å². The fourth-order valence-corrected chi connectivity index (χ4v) is 2.81. The first kappa shape index (κ1) is 14.8. The monoisotopic (exact) mass is 270 g/mol. The van der Waals surface area contributed by atoms with E-state index in [4.69, 9.17) is 9.47 Å². The van der Waals surface area contributed by atoms with Crippen molar-refractivity contribution in [3.8, 4) is 0 Å². The highest BCUT2D eigenvalue weighted by Crippen LogP contribution is 2.16. The second-order valence-corrected chi connectivity index (χ2v) is 5.71. The molecule has 2 fully saturated rings. The lowest BCUT2D eigenvalue weighted by Gasteiger charge is -2.31. The fraction of sp³-hybridized carbons (Fsp3) is 0.929. The molecule has 1 amide bonds. The van der Waals surface area contributed by atoms with Gasteiger partial charge in [0.15, 0.2) is 0 Å². The predicted octanol–water partition coefficient (Wildman–Crippen LogP) is 0.498. The lowest BCUT2D eigenvalue weighted by Crippen LogP contribution is -2.43. The summed E-state index contributed by atoms with van der Waals surface area (Å²) in [6.45, 7) is 5.80. The minimum atomic E-state index is 0.150. The van der Waals surface area contributed by atoms with Crippen LogP contribution in [0.5, 0.6) is 0 Å². The zero-order valence-corrected chi connectivity index (χ0v) is 11.9. The van der Waals surface area contributed by atoms with E-state index in [9.17, 15) is 4.79 Å². The summed E-state index contributed by atoms with van der Waals surface area (Å²) in [5, 5.41) is 3.02. The second-order valence-electron chi connectivity index (χ2n) is 5.71. The summed E-state index contributed by atoms with van der Waals surface area (Å²) in [6.07, 6.45) is 3.35. The van der Waals surface area contributed by atoms with Crippen LogP contribution >= 0.6 is 0 Å². The number of carbonyl (C=O) groups is 1. The van der Waals surface area contributed by atoms with Crippen LogP contribution in [0.4, 0.5) is 0 Å². The first-order valence-corrected chi connectivity index (χ1v) is 7.33. The molecule has 2 aliphatic rings. The Morgan fingerprint density at radius 1 is 1.32 bits per heavy atom. The third-order valence-electron chi connectivity index (χ3n) is 4.09. The van der Waals surface area contributed by atoms with E-state index in [0.29, 0.717) is 18.4 Å². The molecular weight excluding hydrogens is 244 g/mol. The van der Waals surface area contributed by atoms with E-state index in [-0.39, 0.29) is 5.91 Å². The molecule has 5 nitrogen and oxygen atoms in total. The highest BCUT2D eigenvalue weighted by Gasteiger charge is 2.21. The molecule has 0 spiro atoms. The van der Waals surface area contributed by atoms with Gasteiger partial charge in [-0.2, -0.15) is 0 Å². The third-order valence-corrected chi connectivity index (χ3v) is 4.09. The zero-order chi connectivity index (χ0) is 13.5. The van der Waals surface area contributed by atoms with Gasteiger partial charge in [0.05, 0.1) is 13.2 Å². The summed E-state index contributed by atoms with van der Waals surface area (Å²) in [4.78, 5) is 14.1. The number of hydrogen-bond acceptors (Lipinski definition) is 4. The quantitative estimate of drug-likeness (QED) is 0.763. The van der Waals surface area contributed by atoms with Crippen molar-refractivity contribution in [2.24, 2.45) is 11.8 Å². The maximum absolute atomic E-state index is 11.9. The van der Waals surface area contributed by atoms with Crippen LogP contribution in [-0.2, 0) is 14.3 Å². The molecule has 0 aromatic rings. The van der Waals surface area contributed by atoms with E-state index < -0.39 is 0 Å². The Hall–Kier alpha value is -0.650. The SMILES string of the molecule is COCC1CCN(CC(=O)NCC2CCOC2)CC1. The highest BCUT2D eigenvalue weighted by atomic mass is 16.5. The van der Waals surface area contributed by atoms with Gasteiger partial charge >= 0.3 is 0 Å². The molecule has 0 saturated carbocycles. The number of carbonyl (C=O) groups excluding carboxylic acids is 1. The molecule has 2 saturated heterocycles. The van der Waals surface area contributed by atoms with Crippen molar-refractivity contribution in [1.82, 2.24) is 10.2 Å². The number of likely N-dealkylation sites (tertiary alicyclic amines) is 1. The van der Waals surface area contributed by atoms with Crippen molar-refractivity contribution >= 4 is 5.91 Å². The Morgan fingerprint density at radius 3 is 2.74 bits per heavy atom. The average molecular weight is 270 g/mol. The van der Waals surface area contributed by atoms with Crippen LogP contribution in [0.1, 0.15) is 19.3 Å². The van der Waals surface area contributed by atoms with Crippen LogP contribution in [0, 0.1) is 11.8 Å². The molecule has 0 aliphatic carbocycles. The molecule has 0 bridgehead atoms. The van der Waals surface area contributed by atoms with E-state index in [1.807, 2.05) is 0 Å². The van der Waals surface area contributed by atoms with E-state index in [2.05, 4.69) is 10.2 Å². The highest BCUT2D eigenvalue weighted by molar-refractivity contribution is 5.78. The Kier molecular flexibility index (Phi) is 6.07. The van der Waals surface area contributed by atoms with Gasteiger partial charge in [0.25, 0.3) is 0 Å². The number of ether oxygens (including phenoxy) is 2. The van der Waals surface area contributed by atoms with Gasteiger partial charge in [-0.1, -0.05) is 0 Å². The summed E-state index contributed by atoms with van der Waals surface area (Å²) >= 11 is 0. The van der Waals surface area contributed by atoms with Crippen LogP contribution in [0.15, 0.2) is 0 Å². The predicted molar refractivity (Wildman–Crippen MR) is 73.0 cm³/mol. The van der Waals surface area contributed by atoms with Crippen molar-refractivity contribution in [2.75, 3.05) is 53.1 Å². The van der Waals surface area contributed by atoms with Crippen molar-refractivity contribution in [1.29, 1.82) is 0 Å². The van der Waals surface area contributed by atoms with Gasteiger partial charge < -0.3 is 14.8 Å². The first-order valence-electron chi connectivity index (χ1n) is 7.33. The summed E-state index contributed by atoms with van der Waals surface area (Å²) in [7, 11) is 1.76. The number of rotatable bonds is 6. The molecule has 1 unspecified atom stereocenters. The zero-order valence-electron chi connectivity index (χ0n) is 11.9.